The van der Waals surface area contributed by atoms with Gasteiger partial charge in [0.05, 0.1) is 39.0 Å². The summed E-state index contributed by atoms with van der Waals surface area (Å²) in [4.78, 5) is 40.0. The number of fused-ring (bicyclic) bond motifs is 2. The van der Waals surface area contributed by atoms with Crippen molar-refractivity contribution < 1.29 is 33.7 Å². The molecule has 10 nitrogen and oxygen atoms in total. The average molecular weight is 391 g/mol. The van der Waals surface area contributed by atoms with E-state index in [0.717, 1.165) is 0 Å². The Balaban J connectivity index is 1.77. The Bertz CT molecular complexity index is 837. The lowest BCUT2D eigenvalue weighted by Crippen LogP contribution is -2.38. The molecule has 2 aliphatic rings. The van der Waals surface area contributed by atoms with Crippen LogP contribution >= 0.6 is 0 Å². The monoisotopic (exact) mass is 391 g/mol. The number of benzene rings is 1. The molecule has 2 aliphatic heterocycles. The second-order valence-corrected chi connectivity index (χ2v) is 6.30. The largest absolute Gasteiger partial charge is 0.492 e. The molecule has 0 aromatic heterocycles. The van der Waals surface area contributed by atoms with Crippen molar-refractivity contribution in [2.24, 2.45) is 4.99 Å². The Hall–Kier alpha value is -3.30. The van der Waals surface area contributed by atoms with E-state index in [0.29, 0.717) is 41.7 Å². The molecule has 1 aromatic rings. The van der Waals surface area contributed by atoms with Gasteiger partial charge in [0, 0.05) is 18.9 Å². The van der Waals surface area contributed by atoms with Gasteiger partial charge in [-0.25, -0.2) is 4.99 Å². The van der Waals surface area contributed by atoms with Crippen LogP contribution in [0.3, 0.4) is 0 Å². The first kappa shape index (κ1) is 19.5. The SMILES string of the molecule is COc1c(OCCCOC(C)=O)ccc2c1CN1C(=N2)NC(=O)C1CC(=O)O. The predicted molar refractivity (Wildman–Crippen MR) is 96.6 cm³/mol. The minimum Gasteiger partial charge on any atom is -0.492 e. The molecule has 0 radical (unpaired) electrons. The maximum atomic E-state index is 12.1. The molecule has 2 N–H and O–H groups in total. The number of hydrogen-bond donors (Lipinski definition) is 2. The van der Waals surface area contributed by atoms with Crippen molar-refractivity contribution >= 4 is 29.5 Å². The van der Waals surface area contributed by atoms with E-state index in [1.54, 1.807) is 17.0 Å². The van der Waals surface area contributed by atoms with Crippen LogP contribution in [0.1, 0.15) is 25.3 Å². The molecule has 0 bridgehead atoms. The first-order valence-corrected chi connectivity index (χ1v) is 8.74. The Morgan fingerprint density at radius 3 is 2.82 bits per heavy atom. The molecule has 0 saturated carbocycles. The van der Waals surface area contributed by atoms with E-state index in [2.05, 4.69) is 10.3 Å². The number of guanidine groups is 1. The molecule has 0 spiro atoms. The predicted octanol–water partition coefficient (Wildman–Crippen LogP) is 0.803. The van der Waals surface area contributed by atoms with Gasteiger partial charge in [0.1, 0.15) is 6.04 Å². The van der Waals surface area contributed by atoms with Gasteiger partial charge in [0.25, 0.3) is 0 Å². The third-order valence-electron chi connectivity index (χ3n) is 4.36. The highest BCUT2D eigenvalue weighted by Crippen LogP contribution is 2.41. The second-order valence-electron chi connectivity index (χ2n) is 6.30. The van der Waals surface area contributed by atoms with Crippen molar-refractivity contribution in [3.63, 3.8) is 0 Å². The summed E-state index contributed by atoms with van der Waals surface area (Å²) in [5.74, 6) is -0.498. The van der Waals surface area contributed by atoms with Crippen LogP contribution in [0.15, 0.2) is 17.1 Å². The highest BCUT2D eigenvalue weighted by atomic mass is 16.5. The molecule has 1 aromatic carbocycles. The van der Waals surface area contributed by atoms with Gasteiger partial charge >= 0.3 is 11.9 Å². The van der Waals surface area contributed by atoms with E-state index in [9.17, 15) is 14.4 Å². The van der Waals surface area contributed by atoms with Crippen molar-refractivity contribution in [2.75, 3.05) is 20.3 Å². The fraction of sp³-hybridized carbons (Fsp3) is 0.444. The standard InChI is InChI=1S/C18H21N3O7/c1-10(22)27-6-3-7-28-14-5-4-12-11(16(14)26-2)9-21-13(8-15(23)24)17(25)20-18(21)19-12/h4-5,13H,3,6-9H2,1-2H3,(H,23,24)(H,19,20,25). The smallest absolute Gasteiger partial charge is 0.305 e. The molecular weight excluding hydrogens is 370 g/mol. The summed E-state index contributed by atoms with van der Waals surface area (Å²) in [6.07, 6.45) is 0.197. The number of carbonyl (C=O) groups excluding carboxylic acids is 2. The number of aliphatic imine (C=N–C) groups is 1. The molecule has 1 fully saturated rings. The first-order chi connectivity index (χ1) is 13.4. The number of nitrogens with one attached hydrogen (secondary N) is 1. The summed E-state index contributed by atoms with van der Waals surface area (Å²) in [6, 6.07) is 2.64. The summed E-state index contributed by atoms with van der Waals surface area (Å²) < 4.78 is 16.1. The molecule has 2 heterocycles. The van der Waals surface area contributed by atoms with E-state index in [1.807, 2.05) is 0 Å². The summed E-state index contributed by atoms with van der Waals surface area (Å²) >= 11 is 0. The molecule has 150 valence electrons. The zero-order valence-corrected chi connectivity index (χ0v) is 15.6. The van der Waals surface area contributed by atoms with E-state index in [1.165, 1.54) is 14.0 Å². The van der Waals surface area contributed by atoms with Gasteiger partial charge in [0.2, 0.25) is 11.9 Å². The number of esters is 1. The molecule has 1 atom stereocenters. The van der Waals surface area contributed by atoms with Crippen LogP contribution in [0, 0.1) is 0 Å². The maximum Gasteiger partial charge on any atom is 0.305 e. The number of methoxy groups -OCH3 is 1. The normalized spacial score (nSPS) is 17.2. The van der Waals surface area contributed by atoms with Gasteiger partial charge in [-0.2, -0.15) is 0 Å². The van der Waals surface area contributed by atoms with E-state index >= 15 is 0 Å². The Morgan fingerprint density at radius 2 is 2.14 bits per heavy atom. The maximum absolute atomic E-state index is 12.1. The van der Waals surface area contributed by atoms with Crippen molar-refractivity contribution in [1.29, 1.82) is 0 Å². The number of ether oxygens (including phenoxy) is 3. The van der Waals surface area contributed by atoms with Crippen LogP contribution < -0.4 is 14.8 Å². The van der Waals surface area contributed by atoms with Crippen molar-refractivity contribution in [3.05, 3.63) is 17.7 Å². The van der Waals surface area contributed by atoms with Crippen LogP contribution in [-0.4, -0.2) is 60.2 Å². The van der Waals surface area contributed by atoms with E-state index in [-0.39, 0.29) is 25.5 Å². The Kier molecular flexibility index (Phi) is 5.67. The van der Waals surface area contributed by atoms with Crippen molar-refractivity contribution in [3.8, 4) is 11.5 Å². The Morgan fingerprint density at radius 1 is 1.36 bits per heavy atom. The molecule has 28 heavy (non-hydrogen) atoms. The van der Waals surface area contributed by atoms with Gasteiger partial charge in [-0.3, -0.25) is 19.7 Å². The van der Waals surface area contributed by atoms with Gasteiger partial charge in [-0.05, 0) is 12.1 Å². The molecule has 1 amide bonds. The second kappa shape index (κ2) is 8.15. The highest BCUT2D eigenvalue weighted by molar-refractivity contribution is 6.08. The van der Waals surface area contributed by atoms with E-state index in [4.69, 9.17) is 19.3 Å². The lowest BCUT2D eigenvalue weighted by Gasteiger charge is -2.28. The summed E-state index contributed by atoms with van der Waals surface area (Å²) in [7, 11) is 1.50. The van der Waals surface area contributed by atoms with Gasteiger partial charge in [-0.1, -0.05) is 0 Å². The molecule has 1 unspecified atom stereocenters. The summed E-state index contributed by atoms with van der Waals surface area (Å²) in [5.41, 5.74) is 1.32. The van der Waals surface area contributed by atoms with E-state index < -0.39 is 17.9 Å². The fourth-order valence-corrected chi connectivity index (χ4v) is 3.13. The van der Waals surface area contributed by atoms with Crippen LogP contribution in [0.25, 0.3) is 0 Å². The highest BCUT2D eigenvalue weighted by Gasteiger charge is 2.41. The lowest BCUT2D eigenvalue weighted by atomic mass is 10.1. The lowest BCUT2D eigenvalue weighted by molar-refractivity contribution is -0.141. The Labute approximate surface area is 161 Å². The van der Waals surface area contributed by atoms with Crippen molar-refractivity contribution in [1.82, 2.24) is 10.2 Å². The summed E-state index contributed by atoms with van der Waals surface area (Å²) in [5, 5.41) is 11.7. The number of nitrogens with zero attached hydrogens (tertiary/aromatic N) is 2. The number of amides is 1. The van der Waals surface area contributed by atoms with Gasteiger partial charge in [-0.15, -0.1) is 0 Å². The quantitative estimate of drug-likeness (QED) is 0.492. The van der Waals surface area contributed by atoms with Gasteiger partial charge in [0.15, 0.2) is 11.5 Å². The molecule has 0 aliphatic carbocycles. The molecule has 1 saturated heterocycles. The topological polar surface area (TPSA) is 127 Å². The van der Waals surface area contributed by atoms with Crippen LogP contribution in [-0.2, 0) is 25.7 Å². The zero-order chi connectivity index (χ0) is 20.3. The third kappa shape index (κ3) is 4.00. The number of carboxylic acids is 1. The molecule has 10 heteroatoms. The average Bonchev–Trinajstić information content (AvgIpc) is 2.93. The molecule has 3 rings (SSSR count). The van der Waals surface area contributed by atoms with Crippen molar-refractivity contribution in [2.45, 2.75) is 32.4 Å². The van der Waals surface area contributed by atoms with Crippen LogP contribution in [0.2, 0.25) is 0 Å². The zero-order valence-electron chi connectivity index (χ0n) is 15.6. The summed E-state index contributed by atoms with van der Waals surface area (Å²) in [6.45, 7) is 2.19. The molecular formula is C18H21N3O7. The fourth-order valence-electron chi connectivity index (χ4n) is 3.13. The van der Waals surface area contributed by atoms with Gasteiger partial charge < -0.3 is 24.2 Å². The number of rotatable bonds is 8. The number of carbonyl (C=O) groups is 3. The minimum atomic E-state index is -1.07. The number of hydrogen-bond acceptors (Lipinski definition) is 8. The van der Waals surface area contributed by atoms with Crippen LogP contribution in [0.4, 0.5) is 5.69 Å². The van der Waals surface area contributed by atoms with Crippen LogP contribution in [0.5, 0.6) is 11.5 Å². The first-order valence-electron chi connectivity index (χ1n) is 8.74. The number of carboxylic acid groups (broad SMARTS) is 1. The minimum absolute atomic E-state index is 0.259. The number of aliphatic carboxylic acids is 1. The third-order valence-corrected chi connectivity index (χ3v) is 4.36.